The SMILES string of the molecule is Cc1ccccc1C(C[N+](=O)[O-])c1c(-c2ccccc2)[nH]c2ccccc12. The Hall–Kier alpha value is -3.40. The van der Waals surface area contributed by atoms with E-state index in [4.69, 9.17) is 0 Å². The van der Waals surface area contributed by atoms with Gasteiger partial charge in [0.2, 0.25) is 6.54 Å². The Balaban J connectivity index is 2.02. The lowest BCUT2D eigenvalue weighted by Crippen LogP contribution is -2.15. The predicted octanol–water partition coefficient (Wildman–Crippen LogP) is 5.55. The summed E-state index contributed by atoms with van der Waals surface area (Å²) in [6.07, 6.45) is 0. The normalized spacial score (nSPS) is 12.2. The smallest absolute Gasteiger partial charge is 0.214 e. The van der Waals surface area contributed by atoms with Gasteiger partial charge in [-0.2, -0.15) is 0 Å². The minimum atomic E-state index is -0.326. The first-order valence-corrected chi connectivity index (χ1v) is 8.98. The van der Waals surface area contributed by atoms with Gasteiger partial charge in [0, 0.05) is 15.8 Å². The maximum atomic E-state index is 11.6. The van der Waals surface area contributed by atoms with Crippen molar-refractivity contribution in [3.8, 4) is 11.3 Å². The lowest BCUT2D eigenvalue weighted by Gasteiger charge is -2.18. The lowest BCUT2D eigenvalue weighted by molar-refractivity contribution is -0.481. The van der Waals surface area contributed by atoms with Crippen molar-refractivity contribution in [1.82, 2.24) is 4.98 Å². The fourth-order valence-corrected chi connectivity index (χ4v) is 3.83. The van der Waals surface area contributed by atoms with Crippen LogP contribution >= 0.6 is 0 Å². The molecular formula is C23H20N2O2. The number of aromatic nitrogens is 1. The minimum Gasteiger partial charge on any atom is -0.354 e. The van der Waals surface area contributed by atoms with Crippen molar-refractivity contribution in [1.29, 1.82) is 0 Å². The van der Waals surface area contributed by atoms with Crippen LogP contribution in [0, 0.1) is 17.0 Å². The van der Waals surface area contributed by atoms with Crippen molar-refractivity contribution >= 4 is 10.9 Å². The van der Waals surface area contributed by atoms with Crippen LogP contribution in [-0.2, 0) is 0 Å². The van der Waals surface area contributed by atoms with E-state index in [-0.39, 0.29) is 17.4 Å². The number of nitro groups is 1. The highest BCUT2D eigenvalue weighted by Crippen LogP contribution is 2.39. The summed E-state index contributed by atoms with van der Waals surface area (Å²) in [4.78, 5) is 14.9. The van der Waals surface area contributed by atoms with Crippen LogP contribution in [0.1, 0.15) is 22.6 Å². The fraction of sp³-hybridized carbons (Fsp3) is 0.130. The van der Waals surface area contributed by atoms with E-state index in [9.17, 15) is 10.1 Å². The number of para-hydroxylation sites is 1. The van der Waals surface area contributed by atoms with Gasteiger partial charge in [0.25, 0.3) is 0 Å². The van der Waals surface area contributed by atoms with Gasteiger partial charge in [-0.05, 0) is 35.2 Å². The molecule has 4 aromatic rings. The molecule has 0 saturated carbocycles. The molecule has 0 spiro atoms. The minimum absolute atomic E-state index is 0.146. The van der Waals surface area contributed by atoms with E-state index in [0.29, 0.717) is 0 Å². The van der Waals surface area contributed by atoms with Crippen LogP contribution in [0.3, 0.4) is 0 Å². The maximum absolute atomic E-state index is 11.6. The molecule has 0 aliphatic carbocycles. The first-order valence-electron chi connectivity index (χ1n) is 8.98. The van der Waals surface area contributed by atoms with Crippen LogP contribution in [0.25, 0.3) is 22.2 Å². The Labute approximate surface area is 157 Å². The number of nitrogens with one attached hydrogen (secondary N) is 1. The van der Waals surface area contributed by atoms with E-state index >= 15 is 0 Å². The van der Waals surface area contributed by atoms with Gasteiger partial charge in [-0.3, -0.25) is 10.1 Å². The number of H-pyrrole nitrogens is 1. The quantitative estimate of drug-likeness (QED) is 0.376. The molecule has 1 aromatic heterocycles. The third-order valence-electron chi connectivity index (χ3n) is 5.05. The average molecular weight is 356 g/mol. The van der Waals surface area contributed by atoms with Crippen LogP contribution in [0.5, 0.6) is 0 Å². The molecule has 27 heavy (non-hydrogen) atoms. The van der Waals surface area contributed by atoms with E-state index < -0.39 is 0 Å². The van der Waals surface area contributed by atoms with Crippen molar-refractivity contribution in [2.24, 2.45) is 0 Å². The number of fused-ring (bicyclic) bond motifs is 1. The molecule has 3 aromatic carbocycles. The summed E-state index contributed by atoms with van der Waals surface area (Å²) in [6.45, 7) is 1.87. The number of aryl methyl sites for hydroxylation is 1. The number of aromatic amines is 1. The number of benzene rings is 3. The molecule has 0 amide bonds. The highest BCUT2D eigenvalue weighted by molar-refractivity contribution is 5.92. The Morgan fingerprint density at radius 1 is 0.926 bits per heavy atom. The van der Waals surface area contributed by atoms with Crippen LogP contribution in [0.15, 0.2) is 78.9 Å². The van der Waals surface area contributed by atoms with E-state index in [1.54, 1.807) is 0 Å². The molecule has 4 heteroatoms. The molecule has 1 atom stereocenters. The standard InChI is InChI=1S/C23H20N2O2/c1-16-9-5-6-12-18(16)20(15-25(26)27)22-19-13-7-8-14-21(19)24-23(22)17-10-3-2-4-11-17/h2-14,20,24H,15H2,1H3. The summed E-state index contributed by atoms with van der Waals surface area (Å²) in [5.41, 5.74) is 6.03. The van der Waals surface area contributed by atoms with Gasteiger partial charge >= 0.3 is 0 Å². The Kier molecular flexibility index (Phi) is 4.47. The van der Waals surface area contributed by atoms with Gasteiger partial charge in [-0.1, -0.05) is 72.8 Å². The van der Waals surface area contributed by atoms with E-state index in [1.165, 1.54) is 0 Å². The second-order valence-electron chi connectivity index (χ2n) is 6.75. The number of nitrogens with zero attached hydrogens (tertiary/aromatic N) is 1. The van der Waals surface area contributed by atoms with Gasteiger partial charge in [-0.15, -0.1) is 0 Å². The van der Waals surface area contributed by atoms with Crippen molar-refractivity contribution < 1.29 is 4.92 Å². The Morgan fingerprint density at radius 3 is 2.33 bits per heavy atom. The maximum Gasteiger partial charge on any atom is 0.214 e. The number of rotatable bonds is 5. The largest absolute Gasteiger partial charge is 0.354 e. The third-order valence-corrected chi connectivity index (χ3v) is 5.05. The molecular weight excluding hydrogens is 336 g/mol. The van der Waals surface area contributed by atoms with Gasteiger partial charge in [0.1, 0.15) is 0 Å². The van der Waals surface area contributed by atoms with Crippen LogP contribution in [0.2, 0.25) is 0 Å². The lowest BCUT2D eigenvalue weighted by atomic mass is 9.85. The van der Waals surface area contributed by atoms with Crippen molar-refractivity contribution in [3.63, 3.8) is 0 Å². The van der Waals surface area contributed by atoms with Crippen LogP contribution < -0.4 is 0 Å². The van der Waals surface area contributed by atoms with Gasteiger partial charge < -0.3 is 4.98 Å². The number of hydrogen-bond acceptors (Lipinski definition) is 2. The van der Waals surface area contributed by atoms with E-state index in [2.05, 4.69) is 4.98 Å². The molecule has 4 rings (SSSR count). The van der Waals surface area contributed by atoms with Gasteiger partial charge in [0.05, 0.1) is 11.6 Å². The average Bonchev–Trinajstić information content (AvgIpc) is 3.07. The zero-order valence-corrected chi connectivity index (χ0v) is 15.1. The molecule has 0 aliphatic heterocycles. The summed E-state index contributed by atoms with van der Waals surface area (Å²) < 4.78 is 0. The highest BCUT2D eigenvalue weighted by Gasteiger charge is 2.28. The second kappa shape index (κ2) is 7.08. The molecule has 4 nitrogen and oxygen atoms in total. The zero-order chi connectivity index (χ0) is 18.8. The van der Waals surface area contributed by atoms with Crippen LogP contribution in [0.4, 0.5) is 0 Å². The van der Waals surface area contributed by atoms with Crippen molar-refractivity contribution in [2.45, 2.75) is 12.8 Å². The van der Waals surface area contributed by atoms with Gasteiger partial charge in [0.15, 0.2) is 0 Å². The summed E-state index contributed by atoms with van der Waals surface area (Å²) in [5.74, 6) is -0.326. The van der Waals surface area contributed by atoms with E-state index in [0.717, 1.165) is 38.9 Å². The first kappa shape index (κ1) is 17.0. The Bertz CT molecular complexity index is 1100. The molecule has 0 fully saturated rings. The molecule has 0 bridgehead atoms. The summed E-state index contributed by atoms with van der Waals surface area (Å²) in [6, 6.07) is 26.0. The van der Waals surface area contributed by atoms with Crippen LogP contribution in [-0.4, -0.2) is 16.5 Å². The second-order valence-corrected chi connectivity index (χ2v) is 6.75. The molecule has 134 valence electrons. The topological polar surface area (TPSA) is 58.9 Å². The van der Waals surface area contributed by atoms with Crippen molar-refractivity contribution in [2.75, 3.05) is 6.54 Å². The molecule has 1 heterocycles. The van der Waals surface area contributed by atoms with E-state index in [1.807, 2.05) is 85.8 Å². The Morgan fingerprint density at radius 2 is 1.59 bits per heavy atom. The zero-order valence-electron chi connectivity index (χ0n) is 15.1. The summed E-state index contributed by atoms with van der Waals surface area (Å²) in [7, 11) is 0. The monoisotopic (exact) mass is 356 g/mol. The first-order chi connectivity index (χ1) is 13.1. The molecule has 1 unspecified atom stereocenters. The molecule has 0 aliphatic rings. The summed E-state index contributed by atoms with van der Waals surface area (Å²) in [5, 5.41) is 12.6. The third kappa shape index (κ3) is 3.22. The molecule has 0 radical (unpaired) electrons. The molecule has 0 saturated heterocycles. The number of hydrogen-bond donors (Lipinski definition) is 1. The predicted molar refractivity (Wildman–Crippen MR) is 109 cm³/mol. The van der Waals surface area contributed by atoms with Crippen molar-refractivity contribution in [3.05, 3.63) is 106 Å². The van der Waals surface area contributed by atoms with Gasteiger partial charge in [-0.25, -0.2) is 0 Å². The molecule has 1 N–H and O–H groups in total. The summed E-state index contributed by atoms with van der Waals surface area (Å²) >= 11 is 0. The fourth-order valence-electron chi connectivity index (χ4n) is 3.83. The highest BCUT2D eigenvalue weighted by atomic mass is 16.6.